The van der Waals surface area contributed by atoms with Gasteiger partial charge in [-0.25, -0.2) is 9.66 Å². The number of nitrogens with zero attached hydrogens (tertiary/aromatic N) is 4. The molecule has 6 nitrogen and oxygen atoms in total. The van der Waals surface area contributed by atoms with Crippen molar-refractivity contribution in [2.24, 2.45) is 5.10 Å². The van der Waals surface area contributed by atoms with Gasteiger partial charge in [0, 0.05) is 0 Å². The van der Waals surface area contributed by atoms with Crippen molar-refractivity contribution in [1.29, 1.82) is 0 Å². The maximum atomic E-state index is 5.89. The smallest absolute Gasteiger partial charge is 0.221 e. The third kappa shape index (κ3) is 5.59. The van der Waals surface area contributed by atoms with Gasteiger partial charge in [0.05, 0.1) is 24.7 Å². The highest BCUT2D eigenvalue weighted by molar-refractivity contribution is 5.80. The van der Waals surface area contributed by atoms with Crippen LogP contribution < -0.4 is 10.5 Å². The topological polar surface area (TPSA) is 68.7 Å². The van der Waals surface area contributed by atoms with Crippen LogP contribution in [0.2, 0.25) is 0 Å². The predicted octanol–water partition coefficient (Wildman–Crippen LogP) is 3.30. The van der Waals surface area contributed by atoms with E-state index in [0.29, 0.717) is 5.95 Å². The number of rotatable bonds is 8. The highest BCUT2D eigenvalue weighted by Gasteiger charge is 2.08. The van der Waals surface area contributed by atoms with Gasteiger partial charge in [0.2, 0.25) is 5.95 Å². The Bertz CT molecular complexity index is 719. The van der Waals surface area contributed by atoms with Gasteiger partial charge in [-0.1, -0.05) is 18.6 Å². The van der Waals surface area contributed by atoms with Crippen LogP contribution in [0.1, 0.15) is 43.4 Å². The summed E-state index contributed by atoms with van der Waals surface area (Å²) in [7, 11) is 0. The van der Waals surface area contributed by atoms with Crippen molar-refractivity contribution in [3.8, 4) is 5.75 Å². The Labute approximate surface area is 155 Å². The number of likely N-dealkylation sites (tertiary alicyclic amines) is 1. The first-order valence-electron chi connectivity index (χ1n) is 9.52. The number of aromatic nitrogens is 2. The lowest BCUT2D eigenvalue weighted by atomic mass is 10.1. The SMILES string of the molecule is Cc1cn(N=Cc2cccc(OCCCCN3CCCCC3)c2)c(N)n1. The van der Waals surface area contributed by atoms with Crippen molar-refractivity contribution in [3.63, 3.8) is 0 Å². The Kier molecular flexibility index (Phi) is 6.66. The molecule has 0 saturated carbocycles. The van der Waals surface area contributed by atoms with Gasteiger partial charge in [-0.15, -0.1) is 0 Å². The number of imidazole rings is 1. The molecule has 6 heteroatoms. The van der Waals surface area contributed by atoms with E-state index in [1.807, 2.05) is 31.2 Å². The van der Waals surface area contributed by atoms with Crippen LogP contribution in [0, 0.1) is 6.92 Å². The first kappa shape index (κ1) is 18.5. The summed E-state index contributed by atoms with van der Waals surface area (Å²) >= 11 is 0. The Hall–Kier alpha value is -2.34. The van der Waals surface area contributed by atoms with Crippen molar-refractivity contribution in [2.45, 2.75) is 39.0 Å². The quantitative estimate of drug-likeness (QED) is 0.583. The molecule has 0 radical (unpaired) electrons. The first-order valence-corrected chi connectivity index (χ1v) is 9.52. The summed E-state index contributed by atoms with van der Waals surface area (Å²) in [5.74, 6) is 1.27. The van der Waals surface area contributed by atoms with Crippen molar-refractivity contribution >= 4 is 12.2 Å². The van der Waals surface area contributed by atoms with Crippen LogP contribution in [-0.4, -0.2) is 47.0 Å². The van der Waals surface area contributed by atoms with Gasteiger partial charge in [-0.2, -0.15) is 5.10 Å². The largest absolute Gasteiger partial charge is 0.494 e. The van der Waals surface area contributed by atoms with E-state index in [1.165, 1.54) is 45.3 Å². The fraction of sp³-hybridized carbons (Fsp3) is 0.500. The van der Waals surface area contributed by atoms with Crippen molar-refractivity contribution < 1.29 is 4.74 Å². The summed E-state index contributed by atoms with van der Waals surface area (Å²) < 4.78 is 7.46. The van der Waals surface area contributed by atoms with Crippen LogP contribution >= 0.6 is 0 Å². The Morgan fingerprint density at radius 2 is 2.08 bits per heavy atom. The molecule has 1 aliphatic rings. The molecule has 0 spiro atoms. The van der Waals surface area contributed by atoms with E-state index in [4.69, 9.17) is 10.5 Å². The van der Waals surface area contributed by atoms with Crippen molar-refractivity contribution in [3.05, 3.63) is 41.7 Å². The number of piperidine rings is 1. The second kappa shape index (κ2) is 9.38. The predicted molar refractivity (Wildman–Crippen MR) is 106 cm³/mol. The molecule has 0 atom stereocenters. The van der Waals surface area contributed by atoms with Crippen LogP contribution in [0.25, 0.3) is 0 Å². The standard InChI is InChI=1S/C20H29N5O/c1-17-16-25(20(21)23-17)22-15-18-8-7-9-19(14-18)26-13-6-5-12-24-10-3-2-4-11-24/h7-9,14-16H,2-6,10-13H2,1H3,(H2,21,23). The number of nitrogens with two attached hydrogens (primary N) is 1. The number of hydrogen-bond acceptors (Lipinski definition) is 5. The average Bonchev–Trinajstić information content (AvgIpc) is 2.98. The molecule has 26 heavy (non-hydrogen) atoms. The van der Waals surface area contributed by atoms with E-state index < -0.39 is 0 Å². The molecule has 3 rings (SSSR count). The third-order valence-corrected chi connectivity index (χ3v) is 4.61. The number of hydrogen-bond donors (Lipinski definition) is 1. The van der Waals surface area contributed by atoms with E-state index in [1.54, 1.807) is 17.1 Å². The molecule has 140 valence electrons. The molecule has 2 aromatic rings. The molecule has 0 unspecified atom stereocenters. The van der Waals surface area contributed by atoms with E-state index in [0.717, 1.165) is 30.0 Å². The van der Waals surface area contributed by atoms with E-state index in [-0.39, 0.29) is 0 Å². The lowest BCUT2D eigenvalue weighted by Crippen LogP contribution is -2.30. The van der Waals surface area contributed by atoms with Gasteiger partial charge in [0.1, 0.15) is 5.75 Å². The highest BCUT2D eigenvalue weighted by atomic mass is 16.5. The molecule has 1 aromatic heterocycles. The second-order valence-corrected chi connectivity index (χ2v) is 6.86. The molecular formula is C20H29N5O. The Balaban J connectivity index is 1.43. The van der Waals surface area contributed by atoms with Gasteiger partial charge < -0.3 is 15.4 Å². The summed E-state index contributed by atoms with van der Waals surface area (Å²) in [6.07, 6.45) is 9.95. The minimum absolute atomic E-state index is 0.389. The van der Waals surface area contributed by atoms with E-state index in [9.17, 15) is 0 Å². The van der Waals surface area contributed by atoms with Crippen LogP contribution in [0.15, 0.2) is 35.6 Å². The number of unbranched alkanes of at least 4 members (excludes halogenated alkanes) is 1. The number of aryl methyl sites for hydroxylation is 1. The molecule has 1 saturated heterocycles. The molecule has 1 fully saturated rings. The van der Waals surface area contributed by atoms with Crippen LogP contribution in [0.3, 0.4) is 0 Å². The first-order chi connectivity index (χ1) is 12.7. The molecule has 0 aliphatic carbocycles. The monoisotopic (exact) mass is 355 g/mol. The average molecular weight is 355 g/mol. The summed E-state index contributed by atoms with van der Waals surface area (Å²) in [6.45, 7) is 6.37. The van der Waals surface area contributed by atoms with Crippen molar-refractivity contribution in [2.75, 3.05) is 32.0 Å². The molecule has 0 bridgehead atoms. The summed E-state index contributed by atoms with van der Waals surface area (Å²) in [4.78, 5) is 6.70. The number of nitrogen functional groups attached to an aromatic ring is 1. The molecular weight excluding hydrogens is 326 g/mol. The lowest BCUT2D eigenvalue weighted by Gasteiger charge is -2.26. The summed E-state index contributed by atoms with van der Waals surface area (Å²) in [5, 5.41) is 4.34. The van der Waals surface area contributed by atoms with Crippen molar-refractivity contribution in [1.82, 2.24) is 14.6 Å². The second-order valence-electron chi connectivity index (χ2n) is 6.86. The highest BCUT2D eigenvalue weighted by Crippen LogP contribution is 2.14. The molecule has 1 aliphatic heterocycles. The number of benzene rings is 1. The fourth-order valence-electron chi connectivity index (χ4n) is 3.22. The minimum atomic E-state index is 0.389. The zero-order valence-corrected chi connectivity index (χ0v) is 15.6. The third-order valence-electron chi connectivity index (χ3n) is 4.61. The van der Waals surface area contributed by atoms with Gasteiger partial charge in [0.15, 0.2) is 0 Å². The van der Waals surface area contributed by atoms with Gasteiger partial charge in [-0.3, -0.25) is 0 Å². The fourth-order valence-corrected chi connectivity index (χ4v) is 3.22. The van der Waals surface area contributed by atoms with Crippen LogP contribution in [-0.2, 0) is 0 Å². The lowest BCUT2D eigenvalue weighted by molar-refractivity contribution is 0.216. The molecule has 1 aromatic carbocycles. The zero-order valence-electron chi connectivity index (χ0n) is 15.6. The normalized spacial score (nSPS) is 15.6. The molecule has 2 N–H and O–H groups in total. The maximum Gasteiger partial charge on any atom is 0.221 e. The summed E-state index contributed by atoms with van der Waals surface area (Å²) in [5.41, 5.74) is 7.62. The molecule has 2 heterocycles. The molecule has 0 amide bonds. The summed E-state index contributed by atoms with van der Waals surface area (Å²) in [6, 6.07) is 7.95. The van der Waals surface area contributed by atoms with Crippen LogP contribution in [0.5, 0.6) is 5.75 Å². The minimum Gasteiger partial charge on any atom is -0.494 e. The number of ether oxygens (including phenoxy) is 1. The van der Waals surface area contributed by atoms with Gasteiger partial charge in [-0.05, 0) is 69.9 Å². The van der Waals surface area contributed by atoms with E-state index >= 15 is 0 Å². The Morgan fingerprint density at radius 3 is 2.85 bits per heavy atom. The van der Waals surface area contributed by atoms with Gasteiger partial charge >= 0.3 is 0 Å². The zero-order chi connectivity index (χ0) is 18.2. The maximum absolute atomic E-state index is 5.89. The Morgan fingerprint density at radius 1 is 1.23 bits per heavy atom. The van der Waals surface area contributed by atoms with Crippen LogP contribution in [0.4, 0.5) is 5.95 Å². The van der Waals surface area contributed by atoms with Gasteiger partial charge in [0.25, 0.3) is 0 Å². The van der Waals surface area contributed by atoms with E-state index in [2.05, 4.69) is 15.0 Å². The number of anilines is 1.